The molecule has 1 amide bonds. The second kappa shape index (κ2) is 5.47. The molecule has 0 atom stereocenters. The van der Waals surface area contributed by atoms with Gasteiger partial charge in [-0.25, -0.2) is 13.1 Å². The first-order chi connectivity index (χ1) is 9.44. The number of carbonyl (C=O) groups excluding carboxylic acids is 1. The molecule has 0 spiro atoms. The number of aryl methyl sites for hydroxylation is 1. The molecule has 2 aromatic heterocycles. The van der Waals surface area contributed by atoms with E-state index in [-0.39, 0.29) is 17.4 Å². The molecule has 0 bridgehead atoms. The summed E-state index contributed by atoms with van der Waals surface area (Å²) >= 11 is 0. The lowest BCUT2D eigenvalue weighted by atomic mass is 10.4. The first-order valence-electron chi connectivity index (χ1n) is 5.72. The third-order valence-electron chi connectivity index (χ3n) is 2.69. The number of amides is 1. The highest BCUT2D eigenvalue weighted by atomic mass is 32.2. The summed E-state index contributed by atoms with van der Waals surface area (Å²) in [6, 6.07) is 4.30. The number of nitrogens with zero attached hydrogens (tertiary/aromatic N) is 2. The van der Waals surface area contributed by atoms with Gasteiger partial charge in [-0.05, 0) is 25.2 Å². The van der Waals surface area contributed by atoms with Gasteiger partial charge in [-0.15, -0.1) is 0 Å². The first kappa shape index (κ1) is 14.3. The van der Waals surface area contributed by atoms with Crippen molar-refractivity contribution >= 4 is 15.9 Å². The number of carbonyl (C=O) groups is 1. The lowest BCUT2D eigenvalue weighted by Gasteiger charge is -2.03. The number of hydrogen-bond donors (Lipinski definition) is 2. The Morgan fingerprint density at radius 1 is 1.40 bits per heavy atom. The Morgan fingerprint density at radius 2 is 2.15 bits per heavy atom. The van der Waals surface area contributed by atoms with Crippen LogP contribution in [0.2, 0.25) is 0 Å². The lowest BCUT2D eigenvalue weighted by molar-refractivity contribution is 0.0917. The molecule has 108 valence electrons. The highest BCUT2D eigenvalue weighted by molar-refractivity contribution is 7.89. The van der Waals surface area contributed by atoms with Crippen molar-refractivity contribution in [1.29, 1.82) is 0 Å². The molecule has 0 aliphatic heterocycles. The molecule has 0 aromatic carbocycles. The zero-order valence-corrected chi connectivity index (χ0v) is 11.8. The van der Waals surface area contributed by atoms with Crippen LogP contribution in [0.25, 0.3) is 0 Å². The molecule has 2 N–H and O–H groups in total. The molecule has 0 saturated carbocycles. The summed E-state index contributed by atoms with van der Waals surface area (Å²) in [5, 5.41) is 6.29. The third-order valence-corrected chi connectivity index (χ3v) is 3.98. The predicted octanol–water partition coefficient (Wildman–Crippen LogP) is -0.149. The van der Waals surface area contributed by atoms with E-state index in [4.69, 9.17) is 4.42 Å². The minimum Gasteiger partial charge on any atom is -0.438 e. The average molecular weight is 298 g/mol. The van der Waals surface area contributed by atoms with Crippen LogP contribution < -0.4 is 10.0 Å². The monoisotopic (exact) mass is 298 g/mol. The number of rotatable bonds is 5. The zero-order valence-electron chi connectivity index (χ0n) is 11.0. The van der Waals surface area contributed by atoms with Crippen molar-refractivity contribution in [2.45, 2.75) is 11.6 Å². The fourth-order valence-electron chi connectivity index (χ4n) is 1.52. The van der Waals surface area contributed by atoms with Gasteiger partial charge in [-0.2, -0.15) is 5.10 Å². The summed E-state index contributed by atoms with van der Waals surface area (Å²) in [4.78, 5) is 11.8. The van der Waals surface area contributed by atoms with Crippen molar-refractivity contribution in [3.8, 4) is 0 Å². The Labute approximate surface area is 115 Å². The number of sulfonamides is 1. The Hall–Kier alpha value is -2.13. The van der Waals surface area contributed by atoms with Crippen molar-refractivity contribution in [1.82, 2.24) is 19.8 Å². The van der Waals surface area contributed by atoms with Gasteiger partial charge in [0.15, 0.2) is 5.76 Å². The van der Waals surface area contributed by atoms with E-state index in [0.717, 1.165) is 5.69 Å². The van der Waals surface area contributed by atoms with Crippen LogP contribution in [0.5, 0.6) is 0 Å². The average Bonchev–Trinajstić information content (AvgIpc) is 3.05. The molecule has 8 nitrogen and oxygen atoms in total. The molecule has 20 heavy (non-hydrogen) atoms. The predicted molar refractivity (Wildman–Crippen MR) is 69.3 cm³/mol. The Bertz CT molecular complexity index is 716. The van der Waals surface area contributed by atoms with Gasteiger partial charge in [0, 0.05) is 13.2 Å². The van der Waals surface area contributed by atoms with E-state index < -0.39 is 15.9 Å². The van der Waals surface area contributed by atoms with Crippen LogP contribution >= 0.6 is 0 Å². The molecule has 2 rings (SSSR count). The Kier molecular flexibility index (Phi) is 3.91. The molecular formula is C11H14N4O4S. The van der Waals surface area contributed by atoms with E-state index in [0.29, 0.717) is 0 Å². The van der Waals surface area contributed by atoms with Gasteiger partial charge >= 0.3 is 0 Å². The minimum atomic E-state index is -3.69. The van der Waals surface area contributed by atoms with E-state index in [1.54, 1.807) is 24.0 Å². The molecule has 0 saturated heterocycles. The van der Waals surface area contributed by atoms with Crippen LogP contribution in [0.4, 0.5) is 0 Å². The molecule has 0 fully saturated rings. The van der Waals surface area contributed by atoms with Gasteiger partial charge in [0.1, 0.15) is 0 Å². The molecule has 0 aliphatic carbocycles. The van der Waals surface area contributed by atoms with E-state index in [1.165, 1.54) is 19.2 Å². The first-order valence-corrected chi connectivity index (χ1v) is 7.21. The van der Waals surface area contributed by atoms with Gasteiger partial charge in [0.05, 0.1) is 12.2 Å². The van der Waals surface area contributed by atoms with Gasteiger partial charge in [-0.3, -0.25) is 9.48 Å². The number of furan rings is 1. The second-order valence-corrected chi connectivity index (χ2v) is 5.77. The summed E-state index contributed by atoms with van der Waals surface area (Å²) in [5.74, 6) is -0.565. The molecule has 0 unspecified atom stereocenters. The summed E-state index contributed by atoms with van der Waals surface area (Å²) in [6.07, 6.45) is 1.62. The third kappa shape index (κ3) is 2.89. The summed E-state index contributed by atoms with van der Waals surface area (Å²) in [7, 11) is -0.667. The van der Waals surface area contributed by atoms with E-state index in [2.05, 4.69) is 15.1 Å². The van der Waals surface area contributed by atoms with E-state index in [1.807, 2.05) is 0 Å². The van der Waals surface area contributed by atoms with Gasteiger partial charge in [-0.1, -0.05) is 0 Å². The Balaban J connectivity index is 2.05. The van der Waals surface area contributed by atoms with E-state index in [9.17, 15) is 13.2 Å². The fourth-order valence-corrected chi connectivity index (χ4v) is 2.17. The molecule has 0 aliphatic rings. The van der Waals surface area contributed by atoms with Gasteiger partial charge in [0.2, 0.25) is 5.09 Å². The molecule has 2 aromatic rings. The summed E-state index contributed by atoms with van der Waals surface area (Å²) in [6.45, 7) is 0.268. The molecule has 0 radical (unpaired) electrons. The lowest BCUT2D eigenvalue weighted by Crippen LogP contribution is -2.23. The van der Waals surface area contributed by atoms with Crippen molar-refractivity contribution in [2.24, 2.45) is 7.05 Å². The van der Waals surface area contributed by atoms with Crippen molar-refractivity contribution in [3.63, 3.8) is 0 Å². The van der Waals surface area contributed by atoms with Crippen molar-refractivity contribution in [3.05, 3.63) is 35.9 Å². The Morgan fingerprint density at radius 3 is 2.75 bits per heavy atom. The van der Waals surface area contributed by atoms with Crippen LogP contribution in [-0.2, 0) is 23.6 Å². The highest BCUT2D eigenvalue weighted by Gasteiger charge is 2.19. The van der Waals surface area contributed by atoms with Gasteiger partial charge < -0.3 is 9.73 Å². The van der Waals surface area contributed by atoms with Crippen molar-refractivity contribution in [2.75, 3.05) is 7.05 Å². The maximum atomic E-state index is 11.8. The standard InChI is InChI=1S/C11H14N4O4S/c1-12-20(17,18)10-4-3-9(19-10)11(16)13-7-8-5-6-14-15(8)2/h3-6,12H,7H2,1-2H3,(H,13,16). The zero-order chi connectivity index (χ0) is 14.8. The van der Waals surface area contributed by atoms with E-state index >= 15 is 0 Å². The van der Waals surface area contributed by atoms with Gasteiger partial charge in [0.25, 0.3) is 15.9 Å². The van der Waals surface area contributed by atoms with Crippen LogP contribution in [0.3, 0.4) is 0 Å². The molecule has 2 heterocycles. The normalized spacial score (nSPS) is 11.5. The highest BCUT2D eigenvalue weighted by Crippen LogP contribution is 2.13. The maximum absolute atomic E-state index is 11.8. The number of aromatic nitrogens is 2. The second-order valence-electron chi connectivity index (χ2n) is 3.96. The van der Waals surface area contributed by atoms with Crippen LogP contribution in [0, 0.1) is 0 Å². The quantitative estimate of drug-likeness (QED) is 0.798. The van der Waals surface area contributed by atoms with Crippen molar-refractivity contribution < 1.29 is 17.6 Å². The minimum absolute atomic E-state index is 0.0685. The summed E-state index contributed by atoms with van der Waals surface area (Å²) < 4.78 is 31.7. The molecule has 9 heteroatoms. The smallest absolute Gasteiger partial charge is 0.287 e. The SMILES string of the molecule is CNS(=O)(=O)c1ccc(C(=O)NCc2ccnn2C)o1. The largest absolute Gasteiger partial charge is 0.438 e. The molecular weight excluding hydrogens is 284 g/mol. The topological polar surface area (TPSA) is 106 Å². The number of nitrogens with one attached hydrogen (secondary N) is 2. The van der Waals surface area contributed by atoms with Crippen LogP contribution in [0.1, 0.15) is 16.2 Å². The summed E-state index contributed by atoms with van der Waals surface area (Å²) in [5.41, 5.74) is 0.813. The van der Waals surface area contributed by atoms with Crippen LogP contribution in [0.15, 0.2) is 33.9 Å². The maximum Gasteiger partial charge on any atom is 0.287 e. The number of hydrogen-bond acceptors (Lipinski definition) is 5. The fraction of sp³-hybridized carbons (Fsp3) is 0.273. The van der Waals surface area contributed by atoms with Crippen LogP contribution in [-0.4, -0.2) is 31.2 Å².